The molecule has 29 heavy (non-hydrogen) atoms. The molecule has 0 unspecified atom stereocenters. The summed E-state index contributed by atoms with van der Waals surface area (Å²) < 4.78 is 1.05. The normalized spacial score (nSPS) is 11.0. The third kappa shape index (κ3) is 3.62. The number of amides is 1. The van der Waals surface area contributed by atoms with E-state index in [1.807, 2.05) is 30.3 Å². The molecule has 0 spiro atoms. The van der Waals surface area contributed by atoms with Crippen LogP contribution in [-0.2, 0) is 6.54 Å². The Kier molecular flexibility index (Phi) is 5.08. The summed E-state index contributed by atoms with van der Waals surface area (Å²) in [6.07, 6.45) is 0. The summed E-state index contributed by atoms with van der Waals surface area (Å²) in [7, 11) is 0. The van der Waals surface area contributed by atoms with E-state index in [2.05, 4.69) is 10.3 Å². The minimum Gasteiger partial charge on any atom is -0.347 e. The molecule has 6 nitrogen and oxygen atoms in total. The van der Waals surface area contributed by atoms with Gasteiger partial charge in [0.25, 0.3) is 11.5 Å². The standard InChI is InChI=1S/C21H16ClN3O3S/c1-12-16-19(29-17(12)18(26)23-11-13-5-3-2-4-6-13)24-21(28)25(20(16)27)15-9-7-14(22)8-10-15/h2-10H,11H2,1H3,(H,23,26)(H,24,28). The molecule has 0 aliphatic carbocycles. The molecule has 0 bridgehead atoms. The van der Waals surface area contributed by atoms with Crippen molar-refractivity contribution in [2.75, 3.05) is 0 Å². The van der Waals surface area contributed by atoms with E-state index in [4.69, 9.17) is 11.6 Å². The first-order valence-corrected chi connectivity index (χ1v) is 10.0. The fraction of sp³-hybridized carbons (Fsp3) is 0.0952. The molecule has 1 amide bonds. The van der Waals surface area contributed by atoms with Crippen LogP contribution < -0.4 is 16.6 Å². The van der Waals surface area contributed by atoms with Gasteiger partial charge in [0, 0.05) is 11.6 Å². The van der Waals surface area contributed by atoms with Crippen molar-refractivity contribution in [1.82, 2.24) is 14.9 Å². The Morgan fingerprint density at radius 2 is 1.79 bits per heavy atom. The van der Waals surface area contributed by atoms with Crippen molar-refractivity contribution < 1.29 is 4.79 Å². The number of hydrogen-bond acceptors (Lipinski definition) is 4. The molecule has 0 saturated carbocycles. The first kappa shape index (κ1) is 19.2. The second kappa shape index (κ2) is 7.69. The lowest BCUT2D eigenvalue weighted by Crippen LogP contribution is -2.33. The molecular formula is C21H16ClN3O3S. The second-order valence-electron chi connectivity index (χ2n) is 6.48. The van der Waals surface area contributed by atoms with E-state index in [1.165, 1.54) is 0 Å². The summed E-state index contributed by atoms with van der Waals surface area (Å²) in [5.41, 5.74) is 0.880. The zero-order valence-corrected chi connectivity index (χ0v) is 16.9. The summed E-state index contributed by atoms with van der Waals surface area (Å²) >= 11 is 6.99. The third-order valence-corrected chi connectivity index (χ3v) is 6.03. The molecular weight excluding hydrogens is 410 g/mol. The number of nitrogens with one attached hydrogen (secondary N) is 2. The number of halogens is 1. The number of aryl methyl sites for hydroxylation is 1. The van der Waals surface area contributed by atoms with Gasteiger partial charge in [-0.25, -0.2) is 9.36 Å². The Bertz CT molecular complexity index is 1320. The number of benzene rings is 2. The summed E-state index contributed by atoms with van der Waals surface area (Å²) in [5, 5.41) is 3.69. The minimum absolute atomic E-state index is 0.286. The highest BCUT2D eigenvalue weighted by Gasteiger charge is 2.20. The van der Waals surface area contributed by atoms with Gasteiger partial charge in [0.15, 0.2) is 0 Å². The lowest BCUT2D eigenvalue weighted by atomic mass is 10.2. The largest absolute Gasteiger partial charge is 0.347 e. The number of nitrogens with zero attached hydrogens (tertiary/aromatic N) is 1. The van der Waals surface area contributed by atoms with Gasteiger partial charge in [0.05, 0.1) is 16.0 Å². The van der Waals surface area contributed by atoms with Crippen LogP contribution in [0.3, 0.4) is 0 Å². The first-order chi connectivity index (χ1) is 14.0. The number of thiophene rings is 1. The summed E-state index contributed by atoms with van der Waals surface area (Å²) in [4.78, 5) is 41.8. The van der Waals surface area contributed by atoms with Gasteiger partial charge in [0.1, 0.15) is 4.83 Å². The molecule has 4 aromatic rings. The molecule has 4 rings (SSSR count). The van der Waals surface area contributed by atoms with Crippen LogP contribution in [0.5, 0.6) is 0 Å². The highest BCUT2D eigenvalue weighted by atomic mass is 35.5. The van der Waals surface area contributed by atoms with Crippen LogP contribution in [0.15, 0.2) is 64.2 Å². The molecule has 8 heteroatoms. The van der Waals surface area contributed by atoms with Crippen molar-refractivity contribution in [2.24, 2.45) is 0 Å². The van der Waals surface area contributed by atoms with Gasteiger partial charge in [-0.2, -0.15) is 0 Å². The van der Waals surface area contributed by atoms with E-state index in [0.29, 0.717) is 37.9 Å². The van der Waals surface area contributed by atoms with Crippen LogP contribution in [0.2, 0.25) is 5.02 Å². The molecule has 0 aliphatic heterocycles. The lowest BCUT2D eigenvalue weighted by molar-refractivity contribution is 0.0954. The molecule has 2 aromatic heterocycles. The number of carbonyl (C=O) groups is 1. The second-order valence-corrected chi connectivity index (χ2v) is 7.93. The predicted molar refractivity (Wildman–Crippen MR) is 115 cm³/mol. The van der Waals surface area contributed by atoms with Gasteiger partial charge in [-0.1, -0.05) is 41.9 Å². The lowest BCUT2D eigenvalue weighted by Gasteiger charge is -2.05. The Labute approximate surface area is 174 Å². The van der Waals surface area contributed by atoms with Gasteiger partial charge >= 0.3 is 5.69 Å². The van der Waals surface area contributed by atoms with E-state index in [0.717, 1.165) is 21.5 Å². The topological polar surface area (TPSA) is 84.0 Å². The molecule has 0 atom stereocenters. The van der Waals surface area contributed by atoms with E-state index in [9.17, 15) is 14.4 Å². The Hall–Kier alpha value is -3.16. The van der Waals surface area contributed by atoms with Gasteiger partial charge in [0.2, 0.25) is 0 Å². The Morgan fingerprint density at radius 1 is 1.10 bits per heavy atom. The van der Waals surface area contributed by atoms with Crippen molar-refractivity contribution in [3.63, 3.8) is 0 Å². The van der Waals surface area contributed by atoms with Gasteiger partial charge in [-0.05, 0) is 42.3 Å². The van der Waals surface area contributed by atoms with Crippen LogP contribution in [0.1, 0.15) is 20.8 Å². The van der Waals surface area contributed by atoms with E-state index in [-0.39, 0.29) is 5.91 Å². The summed E-state index contributed by atoms with van der Waals surface area (Å²) in [5.74, 6) is -0.286. The SMILES string of the molecule is Cc1c(C(=O)NCc2ccccc2)sc2[nH]c(=O)n(-c3ccc(Cl)cc3)c(=O)c12. The van der Waals surface area contributed by atoms with Crippen LogP contribution in [0, 0.1) is 6.92 Å². The van der Waals surface area contributed by atoms with E-state index < -0.39 is 11.2 Å². The van der Waals surface area contributed by atoms with Crippen molar-refractivity contribution >= 4 is 39.1 Å². The molecule has 0 saturated heterocycles. The van der Waals surface area contributed by atoms with Gasteiger partial charge in [-0.15, -0.1) is 11.3 Å². The molecule has 0 aliphatic rings. The smallest absolute Gasteiger partial charge is 0.334 e. The fourth-order valence-corrected chi connectivity index (χ4v) is 4.35. The average molecular weight is 426 g/mol. The average Bonchev–Trinajstić information content (AvgIpc) is 3.04. The minimum atomic E-state index is -0.567. The van der Waals surface area contributed by atoms with Crippen molar-refractivity contribution in [3.8, 4) is 5.69 Å². The third-order valence-electron chi connectivity index (χ3n) is 4.57. The molecule has 2 N–H and O–H groups in total. The maximum Gasteiger partial charge on any atom is 0.334 e. The zero-order chi connectivity index (χ0) is 20.5. The van der Waals surface area contributed by atoms with Crippen LogP contribution in [0.25, 0.3) is 15.9 Å². The maximum absolute atomic E-state index is 13.1. The first-order valence-electron chi connectivity index (χ1n) is 8.82. The fourth-order valence-electron chi connectivity index (χ4n) is 3.12. The number of H-pyrrole nitrogens is 1. The van der Waals surface area contributed by atoms with E-state index >= 15 is 0 Å². The van der Waals surface area contributed by atoms with Gasteiger partial charge in [-0.3, -0.25) is 14.6 Å². The number of carbonyl (C=O) groups excluding carboxylic acids is 1. The van der Waals surface area contributed by atoms with Crippen molar-refractivity contribution in [3.05, 3.63) is 96.5 Å². The number of aromatic nitrogens is 2. The molecule has 0 radical (unpaired) electrons. The molecule has 2 aromatic carbocycles. The van der Waals surface area contributed by atoms with E-state index in [1.54, 1.807) is 31.2 Å². The van der Waals surface area contributed by atoms with Crippen LogP contribution in [-0.4, -0.2) is 15.5 Å². The van der Waals surface area contributed by atoms with Gasteiger partial charge < -0.3 is 5.32 Å². The molecule has 2 heterocycles. The molecule has 0 fully saturated rings. The monoisotopic (exact) mass is 425 g/mol. The van der Waals surface area contributed by atoms with Crippen LogP contribution >= 0.6 is 22.9 Å². The summed E-state index contributed by atoms with van der Waals surface area (Å²) in [6, 6.07) is 15.9. The Morgan fingerprint density at radius 3 is 2.48 bits per heavy atom. The maximum atomic E-state index is 13.1. The predicted octanol–water partition coefficient (Wildman–Crippen LogP) is 3.63. The zero-order valence-electron chi connectivity index (χ0n) is 15.4. The number of hydrogen-bond donors (Lipinski definition) is 2. The highest BCUT2D eigenvalue weighted by molar-refractivity contribution is 7.20. The Balaban J connectivity index is 1.74. The molecule has 146 valence electrons. The van der Waals surface area contributed by atoms with Crippen LogP contribution in [0.4, 0.5) is 0 Å². The summed E-state index contributed by atoms with van der Waals surface area (Å²) in [6.45, 7) is 2.08. The number of fused-ring (bicyclic) bond motifs is 1. The number of aromatic amines is 1. The highest BCUT2D eigenvalue weighted by Crippen LogP contribution is 2.26. The van der Waals surface area contributed by atoms with Crippen molar-refractivity contribution in [2.45, 2.75) is 13.5 Å². The van der Waals surface area contributed by atoms with Crippen molar-refractivity contribution in [1.29, 1.82) is 0 Å². The number of rotatable bonds is 4. The quantitative estimate of drug-likeness (QED) is 0.523.